The molecule has 0 saturated heterocycles. The average molecular weight is 250 g/mol. The fourth-order valence-corrected chi connectivity index (χ4v) is 2.12. The minimum Gasteiger partial charge on any atom is -0.273 e. The average Bonchev–Trinajstić information content (AvgIpc) is 2.90. The van der Waals surface area contributed by atoms with Gasteiger partial charge in [0, 0.05) is 5.92 Å². The minimum absolute atomic E-state index is 0.0362. The van der Waals surface area contributed by atoms with E-state index in [2.05, 4.69) is 10.9 Å². The number of hydrogen-bond donors (Lipinski definition) is 2. The minimum atomic E-state index is -0.639. The van der Waals surface area contributed by atoms with Gasteiger partial charge in [0.15, 0.2) is 0 Å². The summed E-state index contributed by atoms with van der Waals surface area (Å²) in [5, 5.41) is 0. The number of hydrazine groups is 1. The quantitative estimate of drug-likeness (QED) is 0.786. The molecule has 2 rings (SSSR count). The van der Waals surface area contributed by atoms with Gasteiger partial charge in [-0.05, 0) is 25.0 Å². The van der Waals surface area contributed by atoms with E-state index in [-0.39, 0.29) is 17.4 Å². The molecule has 1 aromatic carbocycles. The fourth-order valence-electron chi connectivity index (χ4n) is 2.12. The molecule has 96 valence electrons. The summed E-state index contributed by atoms with van der Waals surface area (Å²) in [6, 6.07) is 5.64. The lowest BCUT2D eigenvalue weighted by Gasteiger charge is -2.11. The van der Waals surface area contributed by atoms with Crippen molar-refractivity contribution in [1.29, 1.82) is 0 Å². The van der Waals surface area contributed by atoms with Gasteiger partial charge in [-0.15, -0.1) is 0 Å². The molecule has 0 radical (unpaired) electrons. The summed E-state index contributed by atoms with van der Waals surface area (Å²) >= 11 is 0. The highest BCUT2D eigenvalue weighted by atomic mass is 19.1. The molecule has 1 saturated carbocycles. The van der Waals surface area contributed by atoms with Crippen LogP contribution in [0.3, 0.4) is 0 Å². The Kier molecular flexibility index (Phi) is 3.92. The lowest BCUT2D eigenvalue weighted by Crippen LogP contribution is -2.44. The molecule has 1 fully saturated rings. The van der Waals surface area contributed by atoms with Gasteiger partial charge in [0.1, 0.15) is 5.82 Å². The van der Waals surface area contributed by atoms with E-state index in [1.165, 1.54) is 18.2 Å². The smallest absolute Gasteiger partial charge is 0.272 e. The predicted octanol–water partition coefficient (Wildman–Crippen LogP) is 1.78. The molecule has 0 heterocycles. The summed E-state index contributed by atoms with van der Waals surface area (Å²) in [6.07, 6.45) is 3.78. The first-order chi connectivity index (χ1) is 8.68. The van der Waals surface area contributed by atoms with Gasteiger partial charge >= 0.3 is 0 Å². The predicted molar refractivity (Wildman–Crippen MR) is 64.0 cm³/mol. The Morgan fingerprint density at radius 3 is 2.44 bits per heavy atom. The molecule has 4 nitrogen and oxygen atoms in total. The number of rotatable bonds is 2. The number of nitrogens with one attached hydrogen (secondary N) is 2. The van der Waals surface area contributed by atoms with Crippen molar-refractivity contribution in [2.45, 2.75) is 25.7 Å². The third kappa shape index (κ3) is 2.85. The molecule has 2 amide bonds. The largest absolute Gasteiger partial charge is 0.273 e. The molecular weight excluding hydrogens is 235 g/mol. The van der Waals surface area contributed by atoms with Crippen LogP contribution >= 0.6 is 0 Å². The first kappa shape index (κ1) is 12.5. The van der Waals surface area contributed by atoms with Crippen LogP contribution in [0.2, 0.25) is 0 Å². The Balaban J connectivity index is 1.88. The molecule has 18 heavy (non-hydrogen) atoms. The van der Waals surface area contributed by atoms with E-state index in [1.807, 2.05) is 0 Å². The van der Waals surface area contributed by atoms with E-state index in [0.29, 0.717) is 0 Å². The van der Waals surface area contributed by atoms with E-state index in [4.69, 9.17) is 0 Å². The second kappa shape index (κ2) is 5.62. The zero-order chi connectivity index (χ0) is 13.0. The Hall–Kier alpha value is -1.91. The highest BCUT2D eigenvalue weighted by molar-refractivity contribution is 5.95. The molecular formula is C13H15FN2O2. The van der Waals surface area contributed by atoms with Crippen molar-refractivity contribution in [2.24, 2.45) is 5.92 Å². The molecule has 5 heteroatoms. The van der Waals surface area contributed by atoms with Crippen molar-refractivity contribution in [3.63, 3.8) is 0 Å². The maximum absolute atomic E-state index is 13.3. The molecule has 0 spiro atoms. The van der Waals surface area contributed by atoms with Crippen molar-refractivity contribution in [1.82, 2.24) is 10.9 Å². The van der Waals surface area contributed by atoms with Crippen molar-refractivity contribution in [3.8, 4) is 0 Å². The summed E-state index contributed by atoms with van der Waals surface area (Å²) in [4.78, 5) is 23.3. The Morgan fingerprint density at radius 2 is 1.78 bits per heavy atom. The van der Waals surface area contributed by atoms with Crippen LogP contribution < -0.4 is 10.9 Å². The maximum Gasteiger partial charge on any atom is 0.272 e. The molecule has 1 aliphatic rings. The standard InChI is InChI=1S/C13H15FN2O2/c14-11-8-4-3-7-10(11)13(18)16-15-12(17)9-5-1-2-6-9/h3-4,7-9H,1-2,5-6H2,(H,15,17)(H,16,18). The topological polar surface area (TPSA) is 58.2 Å². The number of halogens is 1. The van der Waals surface area contributed by atoms with Gasteiger partial charge in [-0.3, -0.25) is 20.4 Å². The maximum atomic E-state index is 13.3. The third-order valence-corrected chi connectivity index (χ3v) is 3.14. The van der Waals surface area contributed by atoms with Crippen molar-refractivity contribution in [2.75, 3.05) is 0 Å². The molecule has 2 N–H and O–H groups in total. The van der Waals surface area contributed by atoms with Gasteiger partial charge in [0.2, 0.25) is 5.91 Å². The van der Waals surface area contributed by atoms with Crippen molar-refractivity contribution < 1.29 is 14.0 Å². The Labute approximate surface area is 105 Å². The molecule has 0 atom stereocenters. The van der Waals surface area contributed by atoms with E-state index in [1.54, 1.807) is 6.07 Å². The van der Waals surface area contributed by atoms with E-state index >= 15 is 0 Å². The lowest BCUT2D eigenvalue weighted by molar-refractivity contribution is -0.125. The highest BCUT2D eigenvalue weighted by Gasteiger charge is 2.23. The molecule has 0 aromatic heterocycles. The summed E-state index contributed by atoms with van der Waals surface area (Å²) < 4.78 is 13.3. The van der Waals surface area contributed by atoms with Crippen LogP contribution in [0, 0.1) is 11.7 Å². The summed E-state index contributed by atoms with van der Waals surface area (Å²) in [5.41, 5.74) is 4.50. The Morgan fingerprint density at radius 1 is 1.11 bits per heavy atom. The van der Waals surface area contributed by atoms with Crippen LogP contribution in [0.15, 0.2) is 24.3 Å². The second-order valence-electron chi connectivity index (χ2n) is 4.40. The number of hydrogen-bond acceptors (Lipinski definition) is 2. The second-order valence-corrected chi connectivity index (χ2v) is 4.40. The molecule has 0 unspecified atom stereocenters. The van der Waals surface area contributed by atoms with Crippen molar-refractivity contribution >= 4 is 11.8 Å². The zero-order valence-electron chi connectivity index (χ0n) is 9.91. The number of carbonyl (C=O) groups excluding carboxylic acids is 2. The van der Waals surface area contributed by atoms with Gasteiger partial charge < -0.3 is 0 Å². The van der Waals surface area contributed by atoms with Gasteiger partial charge in [0.25, 0.3) is 5.91 Å². The van der Waals surface area contributed by atoms with E-state index in [9.17, 15) is 14.0 Å². The first-order valence-corrected chi connectivity index (χ1v) is 6.03. The number of benzene rings is 1. The Bertz CT molecular complexity index is 456. The monoisotopic (exact) mass is 250 g/mol. The van der Waals surface area contributed by atoms with Crippen molar-refractivity contribution in [3.05, 3.63) is 35.6 Å². The zero-order valence-corrected chi connectivity index (χ0v) is 9.91. The van der Waals surface area contributed by atoms with Crippen LogP contribution in [-0.4, -0.2) is 11.8 Å². The SMILES string of the molecule is O=C(NNC(=O)C1CCCC1)c1ccccc1F. The summed E-state index contributed by atoms with van der Waals surface area (Å²) in [5.74, 6) is -1.48. The van der Waals surface area contributed by atoms with Crippen LogP contribution in [0.1, 0.15) is 36.0 Å². The fraction of sp³-hybridized carbons (Fsp3) is 0.385. The van der Waals surface area contributed by atoms with Gasteiger partial charge in [-0.1, -0.05) is 25.0 Å². The van der Waals surface area contributed by atoms with Crippen LogP contribution in [0.4, 0.5) is 4.39 Å². The molecule has 0 aliphatic heterocycles. The molecule has 1 aliphatic carbocycles. The van der Waals surface area contributed by atoms with Gasteiger partial charge in [0.05, 0.1) is 5.56 Å². The van der Waals surface area contributed by atoms with Crippen LogP contribution in [0.5, 0.6) is 0 Å². The van der Waals surface area contributed by atoms with Gasteiger partial charge in [-0.2, -0.15) is 0 Å². The normalized spacial score (nSPS) is 15.4. The van der Waals surface area contributed by atoms with Crippen LogP contribution in [0.25, 0.3) is 0 Å². The highest BCUT2D eigenvalue weighted by Crippen LogP contribution is 2.24. The molecule has 1 aromatic rings. The van der Waals surface area contributed by atoms with E-state index in [0.717, 1.165) is 25.7 Å². The van der Waals surface area contributed by atoms with E-state index < -0.39 is 11.7 Å². The van der Waals surface area contributed by atoms with Crippen LogP contribution in [-0.2, 0) is 4.79 Å². The summed E-state index contributed by atoms with van der Waals surface area (Å²) in [6.45, 7) is 0. The molecule has 0 bridgehead atoms. The number of carbonyl (C=O) groups is 2. The summed E-state index contributed by atoms with van der Waals surface area (Å²) in [7, 11) is 0. The first-order valence-electron chi connectivity index (χ1n) is 6.03. The number of amides is 2. The third-order valence-electron chi connectivity index (χ3n) is 3.14. The lowest BCUT2D eigenvalue weighted by atomic mass is 10.1. The van der Waals surface area contributed by atoms with Gasteiger partial charge in [-0.25, -0.2) is 4.39 Å².